The molecule has 8 heteroatoms. The highest BCUT2D eigenvalue weighted by Crippen LogP contribution is 2.38. The molecule has 2 bridgehead atoms. The predicted octanol–water partition coefficient (Wildman–Crippen LogP) is 1.54. The summed E-state index contributed by atoms with van der Waals surface area (Å²) in [5, 5.41) is 2.23. The number of rotatable bonds is 2. The number of piperazine rings is 1. The number of carbonyl (C=O) groups is 4. The van der Waals surface area contributed by atoms with Gasteiger partial charge in [-0.15, -0.1) is 0 Å². The van der Waals surface area contributed by atoms with Gasteiger partial charge < -0.3 is 4.90 Å². The fourth-order valence-corrected chi connectivity index (χ4v) is 5.60. The van der Waals surface area contributed by atoms with Crippen LogP contribution in [0.2, 0.25) is 0 Å². The van der Waals surface area contributed by atoms with E-state index in [1.807, 2.05) is 12.1 Å². The van der Waals surface area contributed by atoms with Crippen molar-refractivity contribution < 1.29 is 19.2 Å². The Labute approximate surface area is 181 Å². The Bertz CT molecular complexity index is 998. The van der Waals surface area contributed by atoms with Crippen molar-refractivity contribution in [1.29, 1.82) is 0 Å². The van der Waals surface area contributed by atoms with Gasteiger partial charge in [0.15, 0.2) is 0 Å². The molecule has 1 aromatic rings. The molecule has 0 radical (unpaired) electrons. The lowest BCUT2D eigenvalue weighted by atomic mass is 9.86. The standard InChI is InChI=1S/C23H28N4O4/c1-23(2,3)26-12-14-4-5-15(26)11-25(14)13-6-7-16-17(10-13)22(31)27(21(16)30)18-8-9-19(28)24-20(18)29/h6-7,10,14-15,18H,4-5,8-9,11-12H2,1-3H3,(H,24,28,29)/t14?,15?,18-/m1/s1. The largest absolute Gasteiger partial charge is 0.366 e. The van der Waals surface area contributed by atoms with E-state index in [1.165, 1.54) is 6.42 Å². The Kier molecular flexibility index (Phi) is 4.48. The van der Waals surface area contributed by atoms with Gasteiger partial charge in [-0.1, -0.05) is 0 Å². The normalized spacial score (nSPS) is 28.9. The second-order valence-electron chi connectivity index (χ2n) is 10.0. The number of benzene rings is 1. The quantitative estimate of drug-likeness (QED) is 0.725. The molecule has 6 rings (SSSR count). The van der Waals surface area contributed by atoms with E-state index < -0.39 is 23.8 Å². The summed E-state index contributed by atoms with van der Waals surface area (Å²) in [5.41, 5.74) is 1.75. The maximum atomic E-state index is 13.1. The molecule has 5 aliphatic heterocycles. The van der Waals surface area contributed by atoms with E-state index in [4.69, 9.17) is 0 Å². The molecule has 1 aromatic carbocycles. The lowest BCUT2D eigenvalue weighted by Crippen LogP contribution is -2.66. The minimum atomic E-state index is -0.931. The molecule has 2 unspecified atom stereocenters. The number of fused-ring (bicyclic) bond motifs is 4. The maximum Gasteiger partial charge on any atom is 0.262 e. The molecule has 0 saturated carbocycles. The van der Waals surface area contributed by atoms with Gasteiger partial charge in [0.25, 0.3) is 11.8 Å². The Morgan fingerprint density at radius 1 is 0.903 bits per heavy atom. The monoisotopic (exact) mass is 424 g/mol. The van der Waals surface area contributed by atoms with E-state index in [0.29, 0.717) is 23.2 Å². The Balaban J connectivity index is 1.40. The molecule has 0 aliphatic carbocycles. The van der Waals surface area contributed by atoms with Gasteiger partial charge in [0, 0.05) is 42.8 Å². The van der Waals surface area contributed by atoms with Gasteiger partial charge >= 0.3 is 0 Å². The molecule has 4 fully saturated rings. The zero-order valence-corrected chi connectivity index (χ0v) is 18.2. The topological polar surface area (TPSA) is 90.0 Å². The number of carbonyl (C=O) groups excluding carboxylic acids is 4. The van der Waals surface area contributed by atoms with E-state index in [1.54, 1.807) is 6.07 Å². The first-order chi connectivity index (χ1) is 14.6. The third kappa shape index (κ3) is 3.15. The minimum absolute atomic E-state index is 0.121. The summed E-state index contributed by atoms with van der Waals surface area (Å²) in [7, 11) is 0. The highest BCUT2D eigenvalue weighted by molar-refractivity contribution is 6.23. The molecular weight excluding hydrogens is 396 g/mol. The molecule has 1 N–H and O–H groups in total. The number of amides is 4. The zero-order chi connectivity index (χ0) is 22.1. The van der Waals surface area contributed by atoms with Crippen LogP contribution in [0.15, 0.2) is 18.2 Å². The SMILES string of the molecule is CC(C)(C)N1CC2CCC1CN2c1ccc2c(c1)C(=O)N([C@@H]1CCC(=O)NC1=O)C2=O. The van der Waals surface area contributed by atoms with Crippen molar-refractivity contribution in [2.24, 2.45) is 0 Å². The fourth-order valence-electron chi connectivity index (χ4n) is 5.60. The van der Waals surface area contributed by atoms with Crippen LogP contribution in [0.3, 0.4) is 0 Å². The van der Waals surface area contributed by atoms with E-state index in [0.717, 1.165) is 30.1 Å². The first kappa shape index (κ1) is 20.2. The zero-order valence-electron chi connectivity index (χ0n) is 18.2. The second-order valence-corrected chi connectivity index (χ2v) is 10.0. The molecule has 5 heterocycles. The second kappa shape index (κ2) is 6.88. The van der Waals surface area contributed by atoms with Gasteiger partial charge in [0.05, 0.1) is 11.1 Å². The molecule has 164 valence electrons. The summed E-state index contributed by atoms with van der Waals surface area (Å²) in [6.45, 7) is 8.64. The van der Waals surface area contributed by atoms with E-state index in [2.05, 4.69) is 35.9 Å². The predicted molar refractivity (Wildman–Crippen MR) is 114 cm³/mol. The highest BCUT2D eigenvalue weighted by Gasteiger charge is 2.46. The van der Waals surface area contributed by atoms with Crippen LogP contribution < -0.4 is 10.2 Å². The van der Waals surface area contributed by atoms with E-state index in [9.17, 15) is 19.2 Å². The molecule has 0 spiro atoms. The van der Waals surface area contributed by atoms with Gasteiger partial charge in [-0.2, -0.15) is 0 Å². The fraction of sp³-hybridized carbons (Fsp3) is 0.565. The van der Waals surface area contributed by atoms with Gasteiger partial charge in [-0.3, -0.25) is 34.3 Å². The van der Waals surface area contributed by atoms with Crippen LogP contribution in [0.5, 0.6) is 0 Å². The average Bonchev–Trinajstić information content (AvgIpc) is 2.98. The lowest BCUT2D eigenvalue weighted by Gasteiger charge is -2.56. The molecular formula is C23H28N4O4. The molecule has 8 nitrogen and oxygen atoms in total. The van der Waals surface area contributed by atoms with Gasteiger partial charge in [0.1, 0.15) is 6.04 Å². The summed E-state index contributed by atoms with van der Waals surface area (Å²) in [4.78, 5) is 55.7. The number of nitrogens with zero attached hydrogens (tertiary/aromatic N) is 3. The number of anilines is 1. The van der Waals surface area contributed by atoms with Crippen molar-refractivity contribution in [3.63, 3.8) is 0 Å². The molecule has 4 amide bonds. The average molecular weight is 425 g/mol. The molecule has 0 aromatic heterocycles. The van der Waals surface area contributed by atoms with Crippen molar-refractivity contribution in [2.75, 3.05) is 18.0 Å². The number of nitrogens with one attached hydrogen (secondary N) is 1. The lowest BCUT2D eigenvalue weighted by molar-refractivity contribution is -0.136. The van der Waals surface area contributed by atoms with Crippen molar-refractivity contribution in [2.45, 2.75) is 70.1 Å². The van der Waals surface area contributed by atoms with Crippen molar-refractivity contribution in [3.05, 3.63) is 29.3 Å². The summed E-state index contributed by atoms with van der Waals surface area (Å²) in [6, 6.07) is 5.35. The van der Waals surface area contributed by atoms with Gasteiger partial charge in [0.2, 0.25) is 11.8 Å². The summed E-state index contributed by atoms with van der Waals surface area (Å²) >= 11 is 0. The molecule has 5 aliphatic rings. The van der Waals surface area contributed by atoms with Gasteiger partial charge in [-0.25, -0.2) is 0 Å². The number of imide groups is 2. The molecule has 3 atom stereocenters. The first-order valence-electron chi connectivity index (χ1n) is 11.0. The maximum absolute atomic E-state index is 13.1. The van der Waals surface area contributed by atoms with Crippen molar-refractivity contribution >= 4 is 29.3 Å². The van der Waals surface area contributed by atoms with Crippen LogP contribution in [0.1, 0.15) is 67.2 Å². The smallest absolute Gasteiger partial charge is 0.262 e. The number of hydrogen-bond acceptors (Lipinski definition) is 6. The first-order valence-corrected chi connectivity index (χ1v) is 11.0. The number of hydrogen-bond donors (Lipinski definition) is 1. The van der Waals surface area contributed by atoms with Crippen LogP contribution in [0, 0.1) is 0 Å². The minimum Gasteiger partial charge on any atom is -0.366 e. The van der Waals surface area contributed by atoms with E-state index in [-0.39, 0.29) is 24.3 Å². The van der Waals surface area contributed by atoms with Crippen LogP contribution >= 0.6 is 0 Å². The van der Waals surface area contributed by atoms with Crippen molar-refractivity contribution in [3.8, 4) is 0 Å². The Morgan fingerprint density at radius 3 is 2.26 bits per heavy atom. The van der Waals surface area contributed by atoms with Gasteiger partial charge in [-0.05, 0) is 58.2 Å². The number of piperidine rings is 3. The third-order valence-electron chi connectivity index (χ3n) is 7.15. The van der Waals surface area contributed by atoms with Crippen LogP contribution in [-0.4, -0.2) is 70.2 Å². The highest BCUT2D eigenvalue weighted by atomic mass is 16.2. The molecule has 4 saturated heterocycles. The van der Waals surface area contributed by atoms with Crippen LogP contribution in [0.4, 0.5) is 5.69 Å². The summed E-state index contributed by atoms with van der Waals surface area (Å²) in [5.74, 6) is -1.86. The van der Waals surface area contributed by atoms with Crippen molar-refractivity contribution in [1.82, 2.24) is 15.1 Å². The van der Waals surface area contributed by atoms with Crippen LogP contribution in [0.25, 0.3) is 0 Å². The van der Waals surface area contributed by atoms with Crippen LogP contribution in [-0.2, 0) is 9.59 Å². The molecule has 31 heavy (non-hydrogen) atoms. The van der Waals surface area contributed by atoms with E-state index >= 15 is 0 Å². The Hall–Kier alpha value is -2.74. The summed E-state index contributed by atoms with van der Waals surface area (Å²) in [6.07, 6.45) is 2.57. The third-order valence-corrected chi connectivity index (χ3v) is 7.15. The Morgan fingerprint density at radius 2 is 1.61 bits per heavy atom. The summed E-state index contributed by atoms with van der Waals surface area (Å²) < 4.78 is 0.